The minimum absolute atomic E-state index is 0.00576. The summed E-state index contributed by atoms with van der Waals surface area (Å²) in [4.78, 5) is 24.5. The first-order chi connectivity index (χ1) is 35.0. The van der Waals surface area contributed by atoms with Gasteiger partial charge in [-0.3, -0.25) is 9.59 Å². The minimum Gasteiger partial charge on any atom is -0.466 e. The molecule has 0 heterocycles. The summed E-state index contributed by atoms with van der Waals surface area (Å²) in [7, 11) is 0. The number of hydrogen-bond donors (Lipinski definition) is 3. The number of amides is 1. The van der Waals surface area contributed by atoms with Gasteiger partial charge in [0.25, 0.3) is 0 Å². The van der Waals surface area contributed by atoms with Crippen molar-refractivity contribution in [2.45, 2.75) is 341 Å². The molecule has 0 aromatic carbocycles. The maximum absolute atomic E-state index is 12.4. The molecule has 0 saturated heterocycles. The third-order valence-corrected chi connectivity index (χ3v) is 14.3. The summed E-state index contributed by atoms with van der Waals surface area (Å²) in [6.45, 7) is 4.87. The van der Waals surface area contributed by atoms with Crippen LogP contribution >= 0.6 is 0 Å². The van der Waals surface area contributed by atoms with E-state index in [0.717, 1.165) is 51.4 Å². The molecule has 0 aromatic rings. The van der Waals surface area contributed by atoms with Crippen molar-refractivity contribution in [3.63, 3.8) is 0 Å². The predicted octanol–water partition coefficient (Wildman–Crippen LogP) is 19.7. The van der Waals surface area contributed by atoms with Crippen molar-refractivity contribution in [3.8, 4) is 0 Å². The van der Waals surface area contributed by atoms with Gasteiger partial charge in [-0.2, -0.15) is 0 Å². The molecule has 0 radical (unpaired) electrons. The summed E-state index contributed by atoms with van der Waals surface area (Å²) in [5.41, 5.74) is 0. The summed E-state index contributed by atoms with van der Waals surface area (Å²) >= 11 is 0. The van der Waals surface area contributed by atoms with E-state index in [-0.39, 0.29) is 18.5 Å². The average molecular weight is 997 g/mol. The van der Waals surface area contributed by atoms with Crippen molar-refractivity contribution >= 4 is 11.9 Å². The van der Waals surface area contributed by atoms with E-state index >= 15 is 0 Å². The number of rotatable bonds is 58. The highest BCUT2D eigenvalue weighted by Gasteiger charge is 2.18. The lowest BCUT2D eigenvalue weighted by Gasteiger charge is -2.20. The molecular weight excluding hydrogens is 875 g/mol. The van der Waals surface area contributed by atoms with Crippen LogP contribution in [0.5, 0.6) is 0 Å². The second kappa shape index (κ2) is 60.4. The van der Waals surface area contributed by atoms with E-state index in [9.17, 15) is 19.8 Å². The molecule has 0 aromatic heterocycles. The van der Waals surface area contributed by atoms with Gasteiger partial charge >= 0.3 is 5.97 Å². The smallest absolute Gasteiger partial charge is 0.305 e. The first-order valence-electron chi connectivity index (χ1n) is 31.4. The van der Waals surface area contributed by atoms with Gasteiger partial charge in [-0.05, 0) is 89.9 Å². The van der Waals surface area contributed by atoms with E-state index in [0.29, 0.717) is 19.4 Å². The molecule has 0 aliphatic heterocycles. The van der Waals surface area contributed by atoms with Crippen LogP contribution in [0.15, 0.2) is 48.6 Å². The molecule has 6 nitrogen and oxygen atoms in total. The molecule has 0 aliphatic carbocycles. The van der Waals surface area contributed by atoms with Crippen molar-refractivity contribution in [3.05, 3.63) is 48.6 Å². The van der Waals surface area contributed by atoms with Crippen molar-refractivity contribution in [1.82, 2.24) is 5.32 Å². The Balaban J connectivity index is 3.39. The van der Waals surface area contributed by atoms with Crippen LogP contribution in [-0.4, -0.2) is 47.4 Å². The molecule has 416 valence electrons. The van der Waals surface area contributed by atoms with Crippen molar-refractivity contribution in [2.75, 3.05) is 13.2 Å². The Morgan fingerprint density at radius 3 is 1.11 bits per heavy atom. The van der Waals surface area contributed by atoms with Gasteiger partial charge in [-0.1, -0.05) is 274 Å². The Hall–Kier alpha value is -2.18. The number of carbonyl (C=O) groups excluding carboxylic acids is 2. The summed E-state index contributed by atoms with van der Waals surface area (Å²) in [6.07, 6.45) is 77.3. The molecule has 3 N–H and O–H groups in total. The van der Waals surface area contributed by atoms with Crippen LogP contribution in [-0.2, 0) is 14.3 Å². The molecule has 0 rings (SSSR count). The second-order valence-electron chi connectivity index (χ2n) is 21.4. The number of ether oxygens (including phenoxy) is 1. The fourth-order valence-corrected chi connectivity index (χ4v) is 9.48. The summed E-state index contributed by atoms with van der Waals surface area (Å²) in [5.74, 6) is -0.0653. The van der Waals surface area contributed by atoms with Gasteiger partial charge in [0.1, 0.15) is 0 Å². The van der Waals surface area contributed by atoms with Gasteiger partial charge in [0.2, 0.25) is 5.91 Å². The van der Waals surface area contributed by atoms with Crippen LogP contribution in [0.4, 0.5) is 0 Å². The Bertz CT molecular complexity index is 1190. The topological polar surface area (TPSA) is 95.9 Å². The third kappa shape index (κ3) is 57.0. The Labute approximate surface area is 442 Å². The zero-order chi connectivity index (χ0) is 51.4. The van der Waals surface area contributed by atoms with E-state index < -0.39 is 12.1 Å². The second-order valence-corrected chi connectivity index (χ2v) is 21.4. The summed E-state index contributed by atoms with van der Waals surface area (Å²) < 4.78 is 5.49. The number of unbranched alkanes of at least 4 members (excludes halogenated alkanes) is 41. The Morgan fingerprint density at radius 2 is 0.704 bits per heavy atom. The third-order valence-electron chi connectivity index (χ3n) is 14.3. The molecule has 0 spiro atoms. The van der Waals surface area contributed by atoms with Crippen LogP contribution in [0.3, 0.4) is 0 Å². The van der Waals surface area contributed by atoms with Gasteiger partial charge in [-0.25, -0.2) is 0 Å². The Morgan fingerprint density at radius 1 is 0.394 bits per heavy atom. The summed E-state index contributed by atoms with van der Waals surface area (Å²) in [6, 6.07) is -0.628. The monoisotopic (exact) mass is 996 g/mol. The predicted molar refractivity (Wildman–Crippen MR) is 310 cm³/mol. The molecule has 71 heavy (non-hydrogen) atoms. The molecule has 0 aliphatic rings. The first kappa shape index (κ1) is 68.8. The molecule has 0 saturated carbocycles. The van der Waals surface area contributed by atoms with Gasteiger partial charge in [0.05, 0.1) is 25.4 Å². The quantitative estimate of drug-likeness (QED) is 0.0321. The average Bonchev–Trinajstić information content (AvgIpc) is 3.37. The first-order valence-corrected chi connectivity index (χ1v) is 31.4. The number of aliphatic hydroxyl groups excluding tert-OH is 2. The van der Waals surface area contributed by atoms with Crippen LogP contribution in [0.25, 0.3) is 0 Å². The van der Waals surface area contributed by atoms with Crippen molar-refractivity contribution < 1.29 is 24.5 Å². The highest BCUT2D eigenvalue weighted by molar-refractivity contribution is 5.76. The van der Waals surface area contributed by atoms with Crippen LogP contribution in [0.1, 0.15) is 328 Å². The number of allylic oxidation sites excluding steroid dienone is 7. The SMILES string of the molecule is CCCCC/C=C\C/C=C\CCCCCCCCCC(=O)OCCCCCCCCCCCCCC/C=C\CCCCCCCCCCCCC(=O)NC(CO)C(O)/C=C/CCCCCCCCCCC. The zero-order valence-electron chi connectivity index (χ0n) is 47.5. The fraction of sp³-hybridized carbons (Fsp3) is 0.846. The van der Waals surface area contributed by atoms with Crippen LogP contribution in [0, 0.1) is 0 Å². The Kier molecular flexibility index (Phi) is 58.5. The fourth-order valence-electron chi connectivity index (χ4n) is 9.48. The van der Waals surface area contributed by atoms with Gasteiger partial charge in [-0.15, -0.1) is 0 Å². The highest BCUT2D eigenvalue weighted by Crippen LogP contribution is 2.17. The lowest BCUT2D eigenvalue weighted by atomic mass is 10.0. The molecule has 0 fully saturated rings. The molecule has 1 amide bonds. The molecule has 0 bridgehead atoms. The number of carbonyl (C=O) groups is 2. The van der Waals surface area contributed by atoms with E-state index in [1.165, 1.54) is 250 Å². The molecule has 2 unspecified atom stereocenters. The van der Waals surface area contributed by atoms with Crippen molar-refractivity contribution in [1.29, 1.82) is 0 Å². The number of hydrogen-bond acceptors (Lipinski definition) is 5. The van der Waals surface area contributed by atoms with E-state index in [2.05, 4.69) is 55.6 Å². The van der Waals surface area contributed by atoms with Gasteiger partial charge in [0, 0.05) is 12.8 Å². The standard InChI is InChI=1S/C65H121NO5/c1-3-5-7-9-11-13-15-16-17-28-32-35-39-43-47-51-55-59-65(70)71-60-56-52-48-44-40-36-33-30-27-25-23-21-19-18-20-22-24-26-29-31-34-38-42-46-50-54-58-64(69)66-62(61-67)63(68)57-53-49-45-41-37-14-12-10-8-6-4-2/h11,13,16-18,20,53,57,62-63,67-68H,3-10,12,14-15,19,21-52,54-56,58-61H2,1-2H3,(H,66,69)/b13-11-,17-16-,20-18-,57-53+. The largest absolute Gasteiger partial charge is 0.466 e. The number of esters is 1. The molecule has 2 atom stereocenters. The minimum atomic E-state index is -0.845. The zero-order valence-corrected chi connectivity index (χ0v) is 47.5. The normalized spacial score (nSPS) is 12.9. The number of nitrogens with one attached hydrogen (secondary N) is 1. The molecule has 6 heteroatoms. The van der Waals surface area contributed by atoms with Gasteiger partial charge in [0.15, 0.2) is 0 Å². The number of aliphatic hydroxyl groups is 2. The maximum Gasteiger partial charge on any atom is 0.305 e. The van der Waals surface area contributed by atoms with E-state index in [4.69, 9.17) is 4.74 Å². The summed E-state index contributed by atoms with van der Waals surface area (Å²) in [5, 5.41) is 23.0. The van der Waals surface area contributed by atoms with Crippen molar-refractivity contribution in [2.24, 2.45) is 0 Å². The maximum atomic E-state index is 12.4. The van der Waals surface area contributed by atoms with E-state index in [1.807, 2.05) is 6.08 Å². The lowest BCUT2D eigenvalue weighted by Crippen LogP contribution is -2.45. The molecular formula is C65H121NO5. The van der Waals surface area contributed by atoms with Gasteiger partial charge < -0.3 is 20.3 Å². The van der Waals surface area contributed by atoms with Crippen LogP contribution < -0.4 is 5.32 Å². The highest BCUT2D eigenvalue weighted by atomic mass is 16.5. The lowest BCUT2D eigenvalue weighted by molar-refractivity contribution is -0.143. The van der Waals surface area contributed by atoms with E-state index in [1.54, 1.807) is 6.08 Å². The van der Waals surface area contributed by atoms with Crippen LogP contribution in [0.2, 0.25) is 0 Å².